The highest BCUT2D eigenvalue weighted by molar-refractivity contribution is 6.11. The van der Waals surface area contributed by atoms with E-state index in [9.17, 15) is 0 Å². The molecule has 2 fully saturated rings. The third-order valence-electron chi connectivity index (χ3n) is 7.56. The first-order valence-electron chi connectivity index (χ1n) is 11.4. The van der Waals surface area contributed by atoms with Gasteiger partial charge < -0.3 is 20.3 Å². The van der Waals surface area contributed by atoms with Crippen molar-refractivity contribution in [3.63, 3.8) is 0 Å². The fourth-order valence-electron chi connectivity index (χ4n) is 5.57. The van der Waals surface area contributed by atoms with Crippen LogP contribution in [-0.4, -0.2) is 59.2 Å². The number of rotatable bonds is 1. The Morgan fingerprint density at radius 3 is 2.84 bits per heavy atom. The Labute approximate surface area is 182 Å². The second-order valence-electron chi connectivity index (χ2n) is 9.28. The fourth-order valence-corrected chi connectivity index (χ4v) is 5.57. The van der Waals surface area contributed by atoms with E-state index < -0.39 is 0 Å². The average Bonchev–Trinajstić information content (AvgIpc) is 3.36. The number of hydrogen-bond donors (Lipinski definition) is 1. The van der Waals surface area contributed by atoms with Gasteiger partial charge in [-0.15, -0.1) is 0 Å². The number of aryl methyl sites for hydroxylation is 1. The molecule has 4 aliphatic rings. The van der Waals surface area contributed by atoms with Crippen LogP contribution >= 0.6 is 0 Å². The smallest absolute Gasteiger partial charge is 0.156 e. The lowest BCUT2D eigenvalue weighted by molar-refractivity contribution is 0.0974. The number of hydrogen-bond acceptors (Lipinski definition) is 8. The number of aromatic nitrogens is 3. The number of amidine groups is 1. The maximum absolute atomic E-state index is 6.47. The summed E-state index contributed by atoms with van der Waals surface area (Å²) < 4.78 is 5.86. The predicted molar refractivity (Wildman–Crippen MR) is 119 cm³/mol. The zero-order valence-corrected chi connectivity index (χ0v) is 18.0. The average molecular weight is 420 g/mol. The van der Waals surface area contributed by atoms with Crippen molar-refractivity contribution in [1.29, 1.82) is 0 Å². The van der Waals surface area contributed by atoms with E-state index in [-0.39, 0.29) is 17.6 Å². The Morgan fingerprint density at radius 2 is 2.03 bits per heavy atom. The minimum atomic E-state index is 0.117. The first-order chi connectivity index (χ1) is 15.1. The zero-order valence-electron chi connectivity index (χ0n) is 18.0. The maximum atomic E-state index is 6.47. The van der Waals surface area contributed by atoms with Crippen LogP contribution < -0.4 is 15.5 Å². The highest BCUT2D eigenvalue weighted by Crippen LogP contribution is 2.42. The van der Waals surface area contributed by atoms with Crippen LogP contribution in [0, 0.1) is 5.41 Å². The van der Waals surface area contributed by atoms with Crippen molar-refractivity contribution in [3.05, 3.63) is 41.6 Å². The van der Waals surface area contributed by atoms with E-state index in [4.69, 9.17) is 25.4 Å². The van der Waals surface area contributed by atoms with E-state index >= 15 is 0 Å². The Morgan fingerprint density at radius 1 is 1.16 bits per heavy atom. The molecule has 2 saturated heterocycles. The van der Waals surface area contributed by atoms with E-state index in [0.29, 0.717) is 6.54 Å². The summed E-state index contributed by atoms with van der Waals surface area (Å²) in [6.07, 6.45) is 8.10. The molecule has 4 aliphatic heterocycles. The lowest BCUT2D eigenvalue weighted by Gasteiger charge is -2.41. The first kappa shape index (κ1) is 19.1. The molecule has 6 rings (SSSR count). The second kappa shape index (κ2) is 7.24. The molecule has 1 spiro atoms. The quantitative estimate of drug-likeness (QED) is 0.755. The third kappa shape index (κ3) is 3.03. The number of fused-ring (bicyclic) bond motifs is 2. The Hall–Kier alpha value is -2.58. The molecule has 8 nitrogen and oxygen atoms in total. The van der Waals surface area contributed by atoms with E-state index in [1.54, 1.807) is 0 Å². The third-order valence-corrected chi connectivity index (χ3v) is 7.56. The van der Waals surface area contributed by atoms with Crippen LogP contribution in [0.2, 0.25) is 0 Å². The predicted octanol–water partition coefficient (Wildman–Crippen LogP) is 1.92. The molecule has 2 atom stereocenters. The second-order valence-corrected chi connectivity index (χ2v) is 9.28. The minimum absolute atomic E-state index is 0.117. The molecule has 162 valence electrons. The number of pyridine rings is 1. The van der Waals surface area contributed by atoms with E-state index in [1.807, 2.05) is 18.5 Å². The lowest BCUT2D eigenvalue weighted by atomic mass is 9.73. The maximum Gasteiger partial charge on any atom is 0.156 e. The monoisotopic (exact) mass is 419 g/mol. The van der Waals surface area contributed by atoms with Gasteiger partial charge in [0.2, 0.25) is 0 Å². The van der Waals surface area contributed by atoms with Crippen LogP contribution in [0.5, 0.6) is 0 Å². The van der Waals surface area contributed by atoms with Crippen molar-refractivity contribution in [2.75, 3.05) is 36.0 Å². The number of nitrogens with zero attached hydrogens (tertiary/aromatic N) is 6. The number of aliphatic imine (C=N–C) groups is 1. The summed E-state index contributed by atoms with van der Waals surface area (Å²) in [7, 11) is 0. The standard InChI is InChI=1S/C23H29N7O/c1-15-21(24)23(14-31-15)6-10-29(11-7-23)19-13-26-20-17(28-19)12-27-22(20)30-9-3-4-16-18(30)5-2-8-25-16/h2,5,8,13,15,21H,3-4,6-7,9-12,14,24H2,1H3/t15-,21+/m0/s1. The number of anilines is 2. The summed E-state index contributed by atoms with van der Waals surface area (Å²) in [6.45, 7) is 6.28. The van der Waals surface area contributed by atoms with Crippen LogP contribution in [-0.2, 0) is 17.7 Å². The Bertz CT molecular complexity index is 1030. The molecule has 6 heterocycles. The summed E-state index contributed by atoms with van der Waals surface area (Å²) in [6, 6.07) is 4.25. The van der Waals surface area contributed by atoms with Crippen molar-refractivity contribution in [2.24, 2.45) is 16.1 Å². The molecule has 0 aliphatic carbocycles. The number of piperidine rings is 1. The van der Waals surface area contributed by atoms with Crippen molar-refractivity contribution in [2.45, 2.75) is 51.3 Å². The highest BCUT2D eigenvalue weighted by atomic mass is 16.5. The molecular weight excluding hydrogens is 390 g/mol. The van der Waals surface area contributed by atoms with Gasteiger partial charge in [-0.3, -0.25) is 9.98 Å². The van der Waals surface area contributed by atoms with Crippen LogP contribution in [0.15, 0.2) is 29.5 Å². The zero-order chi connectivity index (χ0) is 21.0. The fraction of sp³-hybridized carbons (Fsp3) is 0.565. The molecular formula is C23H29N7O. The van der Waals surface area contributed by atoms with Gasteiger partial charge in [0.1, 0.15) is 11.5 Å². The molecule has 31 heavy (non-hydrogen) atoms. The summed E-state index contributed by atoms with van der Waals surface area (Å²) in [5, 5.41) is 0. The van der Waals surface area contributed by atoms with Gasteiger partial charge in [0.25, 0.3) is 0 Å². The molecule has 0 aromatic carbocycles. The van der Waals surface area contributed by atoms with Gasteiger partial charge in [-0.2, -0.15) is 0 Å². The molecule has 0 amide bonds. The van der Waals surface area contributed by atoms with Gasteiger partial charge in [-0.25, -0.2) is 9.97 Å². The van der Waals surface area contributed by atoms with Gasteiger partial charge in [0.15, 0.2) is 5.84 Å². The van der Waals surface area contributed by atoms with Crippen molar-refractivity contribution < 1.29 is 4.74 Å². The molecule has 0 saturated carbocycles. The van der Waals surface area contributed by atoms with Gasteiger partial charge in [-0.1, -0.05) is 0 Å². The SMILES string of the molecule is C[C@@H]1OCC2(CCN(c3cnc4c(n3)CN=C4N3CCCc4ncccc43)CC2)[C@@H]1N. The minimum Gasteiger partial charge on any atom is -0.376 e. The summed E-state index contributed by atoms with van der Waals surface area (Å²) >= 11 is 0. The van der Waals surface area contributed by atoms with E-state index in [2.05, 4.69) is 27.8 Å². The summed E-state index contributed by atoms with van der Waals surface area (Å²) in [5.74, 6) is 1.88. The molecule has 0 radical (unpaired) electrons. The van der Waals surface area contributed by atoms with Gasteiger partial charge in [-0.05, 0) is 44.7 Å². The highest BCUT2D eigenvalue weighted by Gasteiger charge is 2.47. The van der Waals surface area contributed by atoms with E-state index in [1.165, 1.54) is 0 Å². The van der Waals surface area contributed by atoms with Crippen molar-refractivity contribution in [1.82, 2.24) is 15.0 Å². The van der Waals surface area contributed by atoms with Crippen LogP contribution in [0.25, 0.3) is 0 Å². The molecule has 2 N–H and O–H groups in total. The van der Waals surface area contributed by atoms with Gasteiger partial charge >= 0.3 is 0 Å². The summed E-state index contributed by atoms with van der Waals surface area (Å²) in [4.78, 5) is 23.8. The molecule has 2 aromatic rings. The van der Waals surface area contributed by atoms with Crippen LogP contribution in [0.1, 0.15) is 43.3 Å². The molecule has 0 unspecified atom stereocenters. The van der Waals surface area contributed by atoms with Crippen LogP contribution in [0.4, 0.5) is 11.5 Å². The largest absolute Gasteiger partial charge is 0.376 e. The Balaban J connectivity index is 1.21. The summed E-state index contributed by atoms with van der Waals surface area (Å²) in [5.41, 5.74) is 10.8. The topological polar surface area (TPSA) is 92.8 Å². The number of ether oxygens (including phenoxy) is 1. The molecule has 8 heteroatoms. The van der Waals surface area contributed by atoms with Crippen LogP contribution in [0.3, 0.4) is 0 Å². The van der Waals surface area contributed by atoms with Crippen molar-refractivity contribution >= 4 is 17.3 Å². The van der Waals surface area contributed by atoms with Gasteiger partial charge in [0, 0.05) is 37.3 Å². The Kier molecular flexibility index (Phi) is 4.47. The van der Waals surface area contributed by atoms with Gasteiger partial charge in [0.05, 0.1) is 42.5 Å². The first-order valence-corrected chi connectivity index (χ1v) is 11.4. The lowest BCUT2D eigenvalue weighted by Crippen LogP contribution is -2.50. The molecule has 2 aromatic heterocycles. The molecule has 0 bridgehead atoms. The normalized spacial score (nSPS) is 26.7. The van der Waals surface area contributed by atoms with Crippen molar-refractivity contribution in [3.8, 4) is 0 Å². The number of nitrogens with two attached hydrogens (primary N) is 1. The van der Waals surface area contributed by atoms with E-state index in [0.717, 1.165) is 86.3 Å².